The molecule has 0 aliphatic carbocycles. The molecule has 0 spiro atoms. The van der Waals surface area contributed by atoms with Gasteiger partial charge in [0, 0.05) is 44.0 Å². The van der Waals surface area contributed by atoms with Gasteiger partial charge in [0.05, 0.1) is 5.92 Å². The maximum absolute atomic E-state index is 12.5. The van der Waals surface area contributed by atoms with E-state index < -0.39 is 0 Å². The summed E-state index contributed by atoms with van der Waals surface area (Å²) in [5.41, 5.74) is 3.20. The predicted octanol–water partition coefficient (Wildman–Crippen LogP) is 3.24. The van der Waals surface area contributed by atoms with Crippen LogP contribution in [-0.2, 0) is 16.0 Å². The standard InChI is InChI=1S/C23H29N3O2/c1-3-25(4-2)20-10-12-21(13-11-20)26-17-19(16-22(26)27)23(28)24-15-14-18-8-6-5-7-9-18/h5-13,19H,3-4,14-17H2,1-2H3,(H,24,28). The predicted molar refractivity (Wildman–Crippen MR) is 114 cm³/mol. The highest BCUT2D eigenvalue weighted by Gasteiger charge is 2.34. The Hall–Kier alpha value is -2.82. The Morgan fingerprint density at radius 2 is 1.75 bits per heavy atom. The second-order valence-corrected chi connectivity index (χ2v) is 7.12. The van der Waals surface area contributed by atoms with Crippen molar-refractivity contribution in [3.63, 3.8) is 0 Å². The molecule has 5 nitrogen and oxygen atoms in total. The fraction of sp³-hybridized carbons (Fsp3) is 0.391. The minimum absolute atomic E-state index is 0.0128. The van der Waals surface area contributed by atoms with Gasteiger partial charge in [-0.05, 0) is 50.1 Å². The third kappa shape index (κ3) is 4.71. The summed E-state index contributed by atoms with van der Waals surface area (Å²) in [6.45, 7) is 7.19. The summed E-state index contributed by atoms with van der Waals surface area (Å²) >= 11 is 0. The fourth-order valence-corrected chi connectivity index (χ4v) is 3.68. The lowest BCUT2D eigenvalue weighted by molar-refractivity contribution is -0.126. The minimum Gasteiger partial charge on any atom is -0.372 e. The van der Waals surface area contributed by atoms with E-state index in [9.17, 15) is 9.59 Å². The Bertz CT molecular complexity index is 785. The van der Waals surface area contributed by atoms with Crippen LogP contribution in [0.15, 0.2) is 54.6 Å². The molecule has 1 fully saturated rings. The van der Waals surface area contributed by atoms with Crippen LogP contribution in [0.3, 0.4) is 0 Å². The number of hydrogen-bond donors (Lipinski definition) is 1. The number of carbonyl (C=O) groups is 2. The van der Waals surface area contributed by atoms with Crippen molar-refractivity contribution in [1.29, 1.82) is 0 Å². The zero-order valence-electron chi connectivity index (χ0n) is 16.7. The Labute approximate surface area is 167 Å². The molecule has 2 aromatic carbocycles. The molecule has 1 N–H and O–H groups in total. The summed E-state index contributed by atoms with van der Waals surface area (Å²) in [7, 11) is 0. The number of hydrogen-bond acceptors (Lipinski definition) is 3. The second-order valence-electron chi connectivity index (χ2n) is 7.12. The van der Waals surface area contributed by atoms with Gasteiger partial charge in [-0.3, -0.25) is 9.59 Å². The highest BCUT2D eigenvalue weighted by Crippen LogP contribution is 2.27. The van der Waals surface area contributed by atoms with Crippen LogP contribution in [0.2, 0.25) is 0 Å². The first-order chi connectivity index (χ1) is 13.6. The first-order valence-electron chi connectivity index (χ1n) is 10.1. The van der Waals surface area contributed by atoms with Crippen molar-refractivity contribution in [2.45, 2.75) is 26.7 Å². The molecule has 3 rings (SSSR count). The smallest absolute Gasteiger partial charge is 0.227 e. The van der Waals surface area contributed by atoms with Gasteiger partial charge in [-0.1, -0.05) is 30.3 Å². The Morgan fingerprint density at radius 1 is 1.07 bits per heavy atom. The van der Waals surface area contributed by atoms with Gasteiger partial charge in [-0.25, -0.2) is 0 Å². The van der Waals surface area contributed by atoms with Crippen LogP contribution in [0, 0.1) is 5.92 Å². The van der Waals surface area contributed by atoms with Crippen LogP contribution in [0.25, 0.3) is 0 Å². The van der Waals surface area contributed by atoms with Crippen molar-refractivity contribution in [3.8, 4) is 0 Å². The summed E-state index contributed by atoms with van der Waals surface area (Å²) in [6.07, 6.45) is 1.07. The summed E-state index contributed by atoms with van der Waals surface area (Å²) in [4.78, 5) is 28.9. The number of rotatable bonds is 8. The van der Waals surface area contributed by atoms with Gasteiger partial charge < -0.3 is 15.1 Å². The topological polar surface area (TPSA) is 52.6 Å². The van der Waals surface area contributed by atoms with Gasteiger partial charge in [-0.15, -0.1) is 0 Å². The molecule has 1 unspecified atom stereocenters. The lowest BCUT2D eigenvalue weighted by Crippen LogP contribution is -2.34. The lowest BCUT2D eigenvalue weighted by atomic mass is 10.1. The molecule has 0 radical (unpaired) electrons. The average Bonchev–Trinajstić information content (AvgIpc) is 3.12. The third-order valence-electron chi connectivity index (χ3n) is 5.34. The molecule has 28 heavy (non-hydrogen) atoms. The normalized spacial score (nSPS) is 16.3. The number of benzene rings is 2. The van der Waals surface area contributed by atoms with Crippen molar-refractivity contribution >= 4 is 23.2 Å². The van der Waals surface area contributed by atoms with E-state index in [4.69, 9.17) is 0 Å². The van der Waals surface area contributed by atoms with Gasteiger partial charge in [-0.2, -0.15) is 0 Å². The van der Waals surface area contributed by atoms with Gasteiger partial charge in [0.25, 0.3) is 0 Å². The quantitative estimate of drug-likeness (QED) is 0.766. The highest BCUT2D eigenvalue weighted by atomic mass is 16.2. The molecule has 1 heterocycles. The van der Waals surface area contributed by atoms with Crippen LogP contribution in [-0.4, -0.2) is 38.0 Å². The number of nitrogens with zero attached hydrogens (tertiary/aromatic N) is 2. The highest BCUT2D eigenvalue weighted by molar-refractivity contribution is 6.00. The first kappa shape index (κ1) is 19.9. The Balaban J connectivity index is 1.54. The van der Waals surface area contributed by atoms with Crippen molar-refractivity contribution in [2.75, 3.05) is 36.0 Å². The summed E-state index contributed by atoms with van der Waals surface area (Å²) in [5.74, 6) is -0.309. The van der Waals surface area contributed by atoms with E-state index in [2.05, 4.69) is 36.2 Å². The molecule has 1 atom stereocenters. The molecule has 5 heteroatoms. The van der Waals surface area contributed by atoms with Crippen LogP contribution in [0.5, 0.6) is 0 Å². The second kappa shape index (κ2) is 9.40. The van der Waals surface area contributed by atoms with E-state index in [1.165, 1.54) is 5.56 Å². The molecular weight excluding hydrogens is 350 g/mol. The van der Waals surface area contributed by atoms with Gasteiger partial charge in [0.1, 0.15) is 0 Å². The number of carbonyl (C=O) groups excluding carboxylic acids is 2. The maximum Gasteiger partial charge on any atom is 0.227 e. The van der Waals surface area contributed by atoms with Crippen LogP contribution < -0.4 is 15.1 Å². The van der Waals surface area contributed by atoms with Crippen LogP contribution in [0.1, 0.15) is 25.8 Å². The molecule has 2 aromatic rings. The van der Waals surface area contributed by atoms with E-state index in [1.54, 1.807) is 4.90 Å². The molecule has 1 aliphatic heterocycles. The molecule has 0 saturated carbocycles. The van der Waals surface area contributed by atoms with E-state index in [1.807, 2.05) is 42.5 Å². The molecule has 0 bridgehead atoms. The largest absolute Gasteiger partial charge is 0.372 e. The van der Waals surface area contributed by atoms with Crippen molar-refractivity contribution < 1.29 is 9.59 Å². The van der Waals surface area contributed by atoms with Crippen molar-refractivity contribution in [3.05, 3.63) is 60.2 Å². The van der Waals surface area contributed by atoms with E-state index in [-0.39, 0.29) is 24.2 Å². The van der Waals surface area contributed by atoms with Gasteiger partial charge in [0.2, 0.25) is 11.8 Å². The summed E-state index contributed by atoms with van der Waals surface area (Å²) in [5, 5.41) is 2.98. The fourth-order valence-electron chi connectivity index (χ4n) is 3.68. The SMILES string of the molecule is CCN(CC)c1ccc(N2CC(C(=O)NCCc3ccccc3)CC2=O)cc1. The van der Waals surface area contributed by atoms with Crippen molar-refractivity contribution in [1.82, 2.24) is 5.32 Å². The molecule has 148 valence electrons. The number of amides is 2. The van der Waals surface area contributed by atoms with Crippen molar-refractivity contribution in [2.24, 2.45) is 5.92 Å². The van der Waals surface area contributed by atoms with E-state index in [0.717, 1.165) is 30.9 Å². The van der Waals surface area contributed by atoms with E-state index >= 15 is 0 Å². The molecular formula is C23H29N3O2. The molecule has 1 aliphatic rings. The zero-order valence-corrected chi connectivity index (χ0v) is 16.7. The molecule has 2 amide bonds. The molecule has 1 saturated heterocycles. The lowest BCUT2D eigenvalue weighted by Gasteiger charge is -2.22. The molecule has 0 aromatic heterocycles. The Morgan fingerprint density at radius 3 is 2.39 bits per heavy atom. The third-order valence-corrected chi connectivity index (χ3v) is 5.34. The minimum atomic E-state index is -0.286. The summed E-state index contributed by atoms with van der Waals surface area (Å²) in [6, 6.07) is 18.1. The van der Waals surface area contributed by atoms with Gasteiger partial charge in [0.15, 0.2) is 0 Å². The van der Waals surface area contributed by atoms with Gasteiger partial charge >= 0.3 is 0 Å². The first-order valence-corrected chi connectivity index (χ1v) is 10.1. The number of nitrogens with one attached hydrogen (secondary N) is 1. The zero-order chi connectivity index (χ0) is 19.9. The number of anilines is 2. The van der Waals surface area contributed by atoms with Crippen LogP contribution in [0.4, 0.5) is 11.4 Å². The van der Waals surface area contributed by atoms with Crippen LogP contribution >= 0.6 is 0 Å². The Kier molecular flexibility index (Phi) is 6.69. The average molecular weight is 380 g/mol. The monoisotopic (exact) mass is 379 g/mol. The summed E-state index contributed by atoms with van der Waals surface area (Å²) < 4.78 is 0. The maximum atomic E-state index is 12.5. The van der Waals surface area contributed by atoms with E-state index in [0.29, 0.717) is 13.1 Å².